The number of carbonyl (C=O) groups is 1. The Morgan fingerprint density at radius 3 is 2.70 bits per heavy atom. The summed E-state index contributed by atoms with van der Waals surface area (Å²) in [6, 6.07) is 3.71. The number of amides is 1. The van der Waals surface area contributed by atoms with Gasteiger partial charge in [0.05, 0.1) is 18.2 Å². The lowest BCUT2D eigenvalue weighted by Crippen LogP contribution is -2.30. The standard InChI is InChI=1S/C13H11F3N2O2/c1-20-5-4-18-11(7-17)10-6-8(13(14,15)16)2-3-9(10)12(18)19/h2-3,6,11H,4-5H2,1H3. The highest BCUT2D eigenvalue weighted by Gasteiger charge is 2.39. The van der Waals surface area contributed by atoms with Gasteiger partial charge in [0.1, 0.15) is 6.04 Å². The van der Waals surface area contributed by atoms with Crippen LogP contribution in [0.1, 0.15) is 27.5 Å². The predicted molar refractivity (Wildman–Crippen MR) is 62.7 cm³/mol. The van der Waals surface area contributed by atoms with E-state index in [0.29, 0.717) is 0 Å². The molecule has 0 aliphatic carbocycles. The van der Waals surface area contributed by atoms with Gasteiger partial charge in [-0.25, -0.2) is 0 Å². The molecule has 0 aromatic heterocycles. The molecule has 0 fully saturated rings. The van der Waals surface area contributed by atoms with Crippen LogP contribution in [0.3, 0.4) is 0 Å². The summed E-state index contributed by atoms with van der Waals surface area (Å²) >= 11 is 0. The number of halogens is 3. The van der Waals surface area contributed by atoms with Crippen molar-refractivity contribution in [3.63, 3.8) is 0 Å². The van der Waals surface area contributed by atoms with Gasteiger partial charge in [-0.15, -0.1) is 0 Å². The highest BCUT2D eigenvalue weighted by Crippen LogP contribution is 2.37. The van der Waals surface area contributed by atoms with Crippen LogP contribution in [0.5, 0.6) is 0 Å². The summed E-state index contributed by atoms with van der Waals surface area (Å²) in [5, 5.41) is 9.13. The van der Waals surface area contributed by atoms with Crippen LogP contribution in [0.2, 0.25) is 0 Å². The zero-order valence-corrected chi connectivity index (χ0v) is 10.6. The molecule has 1 amide bonds. The van der Waals surface area contributed by atoms with Crippen LogP contribution in [-0.4, -0.2) is 31.1 Å². The Bertz CT molecular complexity index is 578. The summed E-state index contributed by atoms with van der Waals surface area (Å²) in [5.41, 5.74) is -0.623. The topological polar surface area (TPSA) is 53.3 Å². The zero-order valence-electron chi connectivity index (χ0n) is 10.6. The summed E-state index contributed by atoms with van der Waals surface area (Å²) < 4.78 is 42.9. The van der Waals surface area contributed by atoms with Gasteiger partial charge in [-0.05, 0) is 18.2 Å². The molecule has 7 heteroatoms. The first-order chi connectivity index (χ1) is 9.40. The average Bonchev–Trinajstić information content (AvgIpc) is 2.67. The summed E-state index contributed by atoms with van der Waals surface area (Å²) in [4.78, 5) is 13.3. The number of benzene rings is 1. The molecule has 1 aliphatic rings. The maximum absolute atomic E-state index is 12.7. The summed E-state index contributed by atoms with van der Waals surface area (Å²) in [6.07, 6.45) is -4.50. The van der Waals surface area contributed by atoms with Crippen molar-refractivity contribution in [1.29, 1.82) is 5.26 Å². The van der Waals surface area contributed by atoms with Gasteiger partial charge in [-0.1, -0.05) is 0 Å². The highest BCUT2D eigenvalue weighted by molar-refractivity contribution is 5.99. The molecule has 0 saturated carbocycles. The molecule has 0 saturated heterocycles. The first-order valence-electron chi connectivity index (χ1n) is 5.81. The van der Waals surface area contributed by atoms with E-state index in [1.165, 1.54) is 12.0 Å². The maximum Gasteiger partial charge on any atom is 0.416 e. The SMILES string of the molecule is COCCN1C(=O)c2ccc(C(F)(F)F)cc2C1C#N. The van der Waals surface area contributed by atoms with E-state index in [4.69, 9.17) is 10.00 Å². The van der Waals surface area contributed by atoms with Crippen LogP contribution in [0, 0.1) is 11.3 Å². The van der Waals surface area contributed by atoms with E-state index in [-0.39, 0.29) is 24.3 Å². The third-order valence-electron chi connectivity index (χ3n) is 3.14. The monoisotopic (exact) mass is 284 g/mol. The molecule has 0 bridgehead atoms. The van der Waals surface area contributed by atoms with E-state index in [2.05, 4.69) is 0 Å². The molecular weight excluding hydrogens is 273 g/mol. The molecule has 0 radical (unpaired) electrons. The fourth-order valence-corrected chi connectivity index (χ4v) is 2.16. The van der Waals surface area contributed by atoms with Crippen LogP contribution in [0.15, 0.2) is 18.2 Å². The minimum Gasteiger partial charge on any atom is -0.383 e. The van der Waals surface area contributed by atoms with E-state index >= 15 is 0 Å². The van der Waals surface area contributed by atoms with E-state index in [9.17, 15) is 18.0 Å². The highest BCUT2D eigenvalue weighted by atomic mass is 19.4. The fraction of sp³-hybridized carbons (Fsp3) is 0.385. The minimum absolute atomic E-state index is 0.100. The van der Waals surface area contributed by atoms with Gasteiger partial charge in [0.2, 0.25) is 0 Å². The van der Waals surface area contributed by atoms with Crippen molar-refractivity contribution in [3.05, 3.63) is 34.9 Å². The number of methoxy groups -OCH3 is 1. The molecular formula is C13H11F3N2O2. The quantitative estimate of drug-likeness (QED) is 0.856. The zero-order chi connectivity index (χ0) is 14.9. The van der Waals surface area contributed by atoms with Gasteiger partial charge >= 0.3 is 6.18 Å². The molecule has 1 aromatic rings. The summed E-state index contributed by atoms with van der Waals surface area (Å²) in [7, 11) is 1.44. The molecule has 1 aliphatic heterocycles. The molecule has 2 rings (SSSR count). The Kier molecular flexibility index (Phi) is 3.68. The van der Waals surface area contributed by atoms with Crippen molar-refractivity contribution >= 4 is 5.91 Å². The lowest BCUT2D eigenvalue weighted by atomic mass is 10.0. The molecule has 1 aromatic carbocycles. The van der Waals surface area contributed by atoms with Gasteiger partial charge in [-0.2, -0.15) is 18.4 Å². The molecule has 1 unspecified atom stereocenters. The van der Waals surface area contributed by atoms with E-state index < -0.39 is 23.7 Å². The molecule has 4 nitrogen and oxygen atoms in total. The maximum atomic E-state index is 12.7. The molecule has 20 heavy (non-hydrogen) atoms. The van der Waals surface area contributed by atoms with E-state index in [1.807, 2.05) is 6.07 Å². The van der Waals surface area contributed by atoms with Gasteiger partial charge in [0.15, 0.2) is 0 Å². The molecule has 1 atom stereocenters. The van der Waals surface area contributed by atoms with Crippen LogP contribution in [-0.2, 0) is 10.9 Å². The molecule has 106 valence electrons. The van der Waals surface area contributed by atoms with Gasteiger partial charge in [0.25, 0.3) is 5.91 Å². The largest absolute Gasteiger partial charge is 0.416 e. The number of alkyl halides is 3. The van der Waals surface area contributed by atoms with Crippen LogP contribution in [0.4, 0.5) is 13.2 Å². The second-order valence-corrected chi connectivity index (χ2v) is 4.32. The fourth-order valence-electron chi connectivity index (χ4n) is 2.16. The lowest BCUT2D eigenvalue weighted by molar-refractivity contribution is -0.137. The van der Waals surface area contributed by atoms with E-state index in [1.54, 1.807) is 0 Å². The van der Waals surface area contributed by atoms with Crippen molar-refractivity contribution in [2.75, 3.05) is 20.3 Å². The number of rotatable bonds is 3. The number of hydrogen-bond acceptors (Lipinski definition) is 3. The third kappa shape index (κ3) is 2.34. The Morgan fingerprint density at radius 1 is 1.45 bits per heavy atom. The van der Waals surface area contributed by atoms with Crippen LogP contribution < -0.4 is 0 Å². The number of hydrogen-bond donors (Lipinski definition) is 0. The summed E-state index contributed by atoms with van der Waals surface area (Å²) in [5.74, 6) is -0.447. The number of fused-ring (bicyclic) bond motifs is 1. The van der Waals surface area contributed by atoms with Crippen molar-refractivity contribution in [2.24, 2.45) is 0 Å². The Hall–Kier alpha value is -2.07. The van der Waals surface area contributed by atoms with Crippen molar-refractivity contribution in [3.8, 4) is 6.07 Å². The normalized spacial score (nSPS) is 18.1. The second kappa shape index (κ2) is 5.13. The number of carbonyl (C=O) groups excluding carboxylic acids is 1. The number of nitrogens with zero attached hydrogens (tertiary/aromatic N) is 2. The van der Waals surface area contributed by atoms with Crippen molar-refractivity contribution < 1.29 is 22.7 Å². The first-order valence-corrected chi connectivity index (χ1v) is 5.81. The van der Waals surface area contributed by atoms with Crippen LogP contribution >= 0.6 is 0 Å². The van der Waals surface area contributed by atoms with E-state index in [0.717, 1.165) is 18.2 Å². The van der Waals surface area contributed by atoms with Gasteiger partial charge in [-0.3, -0.25) is 4.79 Å². The van der Waals surface area contributed by atoms with Crippen molar-refractivity contribution in [2.45, 2.75) is 12.2 Å². The Morgan fingerprint density at radius 2 is 2.15 bits per heavy atom. The minimum atomic E-state index is -4.50. The predicted octanol–water partition coefficient (Wildman–Crippen LogP) is 2.37. The molecule has 0 spiro atoms. The number of ether oxygens (including phenoxy) is 1. The Balaban J connectivity index is 2.42. The smallest absolute Gasteiger partial charge is 0.383 e. The Labute approximate surface area is 113 Å². The number of nitriles is 1. The first kappa shape index (κ1) is 14.3. The molecule has 0 N–H and O–H groups in total. The summed E-state index contributed by atoms with van der Waals surface area (Å²) in [6.45, 7) is 0.369. The molecule has 1 heterocycles. The van der Waals surface area contributed by atoms with Gasteiger partial charge < -0.3 is 9.64 Å². The van der Waals surface area contributed by atoms with Gasteiger partial charge in [0, 0.05) is 24.8 Å². The lowest BCUT2D eigenvalue weighted by Gasteiger charge is -2.19. The van der Waals surface area contributed by atoms with Crippen LogP contribution in [0.25, 0.3) is 0 Å². The second-order valence-electron chi connectivity index (χ2n) is 4.32. The average molecular weight is 284 g/mol. The third-order valence-corrected chi connectivity index (χ3v) is 3.14. The van der Waals surface area contributed by atoms with Crippen molar-refractivity contribution in [1.82, 2.24) is 4.90 Å².